The van der Waals surface area contributed by atoms with E-state index >= 15 is 0 Å². The van der Waals surface area contributed by atoms with Gasteiger partial charge < -0.3 is 14.8 Å². The van der Waals surface area contributed by atoms with Crippen LogP contribution in [0.4, 0.5) is 0 Å². The summed E-state index contributed by atoms with van der Waals surface area (Å²) in [6.45, 7) is 0.932. The lowest BCUT2D eigenvalue weighted by Crippen LogP contribution is -2.43. The van der Waals surface area contributed by atoms with Crippen molar-refractivity contribution in [2.45, 2.75) is 25.7 Å². The molecule has 1 aliphatic heterocycles. The van der Waals surface area contributed by atoms with Crippen LogP contribution in [0.25, 0.3) is 0 Å². The van der Waals surface area contributed by atoms with Gasteiger partial charge in [0.1, 0.15) is 6.04 Å². The van der Waals surface area contributed by atoms with Crippen molar-refractivity contribution in [2.75, 3.05) is 7.11 Å². The lowest BCUT2D eigenvalue weighted by atomic mass is 10.0. The summed E-state index contributed by atoms with van der Waals surface area (Å²) in [4.78, 5) is 24.7. The molecule has 0 radical (unpaired) electrons. The number of esters is 1. The first-order valence-electron chi connectivity index (χ1n) is 7.80. The Morgan fingerprint density at radius 3 is 2.67 bits per heavy atom. The summed E-state index contributed by atoms with van der Waals surface area (Å²) in [6.07, 6.45) is 0.380. The van der Waals surface area contributed by atoms with E-state index < -0.39 is 12.0 Å². The fourth-order valence-corrected chi connectivity index (χ4v) is 2.84. The van der Waals surface area contributed by atoms with E-state index in [1.807, 2.05) is 42.5 Å². The molecule has 24 heavy (non-hydrogen) atoms. The third kappa shape index (κ3) is 3.46. The minimum absolute atomic E-state index is 0.288. The van der Waals surface area contributed by atoms with Crippen LogP contribution in [0.2, 0.25) is 0 Å². The van der Waals surface area contributed by atoms with Gasteiger partial charge >= 0.3 is 5.97 Å². The molecule has 1 N–H and O–H groups in total. The molecule has 5 nitrogen and oxygen atoms in total. The van der Waals surface area contributed by atoms with E-state index in [1.165, 1.54) is 7.11 Å². The third-order valence-electron chi connectivity index (χ3n) is 4.10. The number of carbonyl (C=O) groups is 2. The predicted octanol–water partition coefficient (Wildman–Crippen LogP) is 2.23. The van der Waals surface area contributed by atoms with Crippen LogP contribution in [0.15, 0.2) is 48.5 Å². The highest BCUT2D eigenvalue weighted by molar-refractivity contribution is 5.98. The summed E-state index contributed by atoms with van der Waals surface area (Å²) in [5.41, 5.74) is 3.40. The van der Waals surface area contributed by atoms with Crippen molar-refractivity contribution in [2.24, 2.45) is 0 Å². The molecule has 0 unspecified atom stereocenters. The summed E-state index contributed by atoms with van der Waals surface area (Å²) in [5.74, 6) is -0.750. The molecule has 0 saturated carbocycles. The molecule has 0 saturated heterocycles. The lowest BCUT2D eigenvalue weighted by molar-refractivity contribution is -0.142. The van der Waals surface area contributed by atoms with Crippen LogP contribution in [0.5, 0.6) is 0 Å². The van der Waals surface area contributed by atoms with E-state index in [2.05, 4.69) is 5.32 Å². The fourth-order valence-electron chi connectivity index (χ4n) is 2.84. The van der Waals surface area contributed by atoms with Crippen LogP contribution in [0, 0.1) is 0 Å². The van der Waals surface area contributed by atoms with Gasteiger partial charge in [-0.1, -0.05) is 42.5 Å². The summed E-state index contributed by atoms with van der Waals surface area (Å²) >= 11 is 0. The Morgan fingerprint density at radius 2 is 1.92 bits per heavy atom. The molecule has 1 heterocycles. The van der Waals surface area contributed by atoms with Crippen LogP contribution in [0.1, 0.15) is 27.0 Å². The number of rotatable bonds is 5. The van der Waals surface area contributed by atoms with Gasteiger partial charge in [0.2, 0.25) is 0 Å². The Labute approximate surface area is 140 Å². The van der Waals surface area contributed by atoms with Crippen molar-refractivity contribution in [1.82, 2.24) is 5.32 Å². The van der Waals surface area contributed by atoms with Crippen molar-refractivity contribution in [3.8, 4) is 0 Å². The average molecular weight is 325 g/mol. The highest BCUT2D eigenvalue weighted by Gasteiger charge is 2.25. The Bertz CT molecular complexity index is 742. The summed E-state index contributed by atoms with van der Waals surface area (Å²) < 4.78 is 10.2. The van der Waals surface area contributed by atoms with Gasteiger partial charge in [-0.05, 0) is 22.8 Å². The molecule has 1 atom stereocenters. The maximum absolute atomic E-state index is 12.7. The van der Waals surface area contributed by atoms with Crippen LogP contribution in [-0.2, 0) is 33.9 Å². The molecule has 2 aromatic carbocycles. The first kappa shape index (κ1) is 16.2. The average Bonchev–Trinajstić information content (AvgIpc) is 3.10. The smallest absolute Gasteiger partial charge is 0.328 e. The van der Waals surface area contributed by atoms with Gasteiger partial charge in [0, 0.05) is 12.0 Å². The third-order valence-corrected chi connectivity index (χ3v) is 4.10. The van der Waals surface area contributed by atoms with Crippen LogP contribution < -0.4 is 5.32 Å². The summed E-state index contributed by atoms with van der Waals surface area (Å²) in [6, 6.07) is 14.3. The molecule has 0 spiro atoms. The van der Waals surface area contributed by atoms with Gasteiger partial charge in [-0.3, -0.25) is 4.79 Å². The largest absolute Gasteiger partial charge is 0.467 e. The topological polar surface area (TPSA) is 64.6 Å². The molecule has 1 amide bonds. The summed E-state index contributed by atoms with van der Waals surface area (Å²) in [5, 5.41) is 2.79. The maximum Gasteiger partial charge on any atom is 0.328 e. The molecular formula is C19H19NO4. The second kappa shape index (κ2) is 7.27. The van der Waals surface area contributed by atoms with Crippen molar-refractivity contribution >= 4 is 11.9 Å². The zero-order chi connectivity index (χ0) is 16.9. The van der Waals surface area contributed by atoms with Crippen LogP contribution in [-0.4, -0.2) is 25.0 Å². The first-order chi connectivity index (χ1) is 11.7. The van der Waals surface area contributed by atoms with E-state index in [-0.39, 0.29) is 5.91 Å². The molecule has 124 valence electrons. The zero-order valence-electron chi connectivity index (χ0n) is 13.5. The van der Waals surface area contributed by atoms with E-state index in [0.29, 0.717) is 25.2 Å². The highest BCUT2D eigenvalue weighted by Crippen LogP contribution is 2.23. The minimum atomic E-state index is -0.733. The number of fused-ring (bicyclic) bond motifs is 1. The number of hydrogen-bond acceptors (Lipinski definition) is 4. The molecule has 2 aromatic rings. The number of amides is 1. The van der Waals surface area contributed by atoms with Gasteiger partial charge in [0.05, 0.1) is 20.3 Å². The van der Waals surface area contributed by atoms with Crippen LogP contribution >= 0.6 is 0 Å². The highest BCUT2D eigenvalue weighted by atomic mass is 16.5. The number of methoxy groups -OCH3 is 1. The second-order valence-electron chi connectivity index (χ2n) is 5.67. The summed E-state index contributed by atoms with van der Waals surface area (Å²) in [7, 11) is 1.32. The van der Waals surface area contributed by atoms with E-state index in [4.69, 9.17) is 9.47 Å². The van der Waals surface area contributed by atoms with Crippen molar-refractivity contribution < 1.29 is 19.1 Å². The quantitative estimate of drug-likeness (QED) is 0.856. The Morgan fingerprint density at radius 1 is 1.12 bits per heavy atom. The number of nitrogens with one attached hydrogen (secondary N) is 1. The first-order valence-corrected chi connectivity index (χ1v) is 7.80. The molecule has 1 aliphatic rings. The molecule has 0 aliphatic carbocycles. The van der Waals surface area contributed by atoms with Crippen molar-refractivity contribution in [3.63, 3.8) is 0 Å². The van der Waals surface area contributed by atoms with Crippen molar-refractivity contribution in [1.29, 1.82) is 0 Å². The normalized spacial score (nSPS) is 13.9. The fraction of sp³-hybridized carbons (Fsp3) is 0.263. The molecule has 0 fully saturated rings. The SMILES string of the molecule is COC(=O)[C@@H](Cc1ccccc1)NC(=O)c1cccc2c1COC2. The van der Waals surface area contributed by atoms with Gasteiger partial charge in [-0.15, -0.1) is 0 Å². The Hall–Kier alpha value is -2.66. The monoisotopic (exact) mass is 325 g/mol. The van der Waals surface area contributed by atoms with Crippen molar-refractivity contribution in [3.05, 3.63) is 70.8 Å². The predicted molar refractivity (Wildman–Crippen MR) is 88.4 cm³/mol. The van der Waals surface area contributed by atoms with Gasteiger partial charge in [-0.2, -0.15) is 0 Å². The Balaban J connectivity index is 1.79. The van der Waals surface area contributed by atoms with E-state index in [0.717, 1.165) is 16.7 Å². The molecule has 0 aromatic heterocycles. The molecule has 3 rings (SSSR count). The van der Waals surface area contributed by atoms with Gasteiger partial charge in [0.25, 0.3) is 5.91 Å². The van der Waals surface area contributed by atoms with E-state index in [9.17, 15) is 9.59 Å². The molecule has 0 bridgehead atoms. The maximum atomic E-state index is 12.7. The number of benzene rings is 2. The molecular weight excluding hydrogens is 306 g/mol. The van der Waals surface area contributed by atoms with E-state index in [1.54, 1.807) is 6.07 Å². The van der Waals surface area contributed by atoms with Gasteiger partial charge in [0.15, 0.2) is 0 Å². The second-order valence-corrected chi connectivity index (χ2v) is 5.67. The standard InChI is InChI=1S/C19H19NO4/c1-23-19(22)17(10-13-6-3-2-4-7-13)20-18(21)15-9-5-8-14-11-24-12-16(14)15/h2-9,17H,10-12H2,1H3,(H,20,21)/t17-/m1/s1. The number of carbonyl (C=O) groups excluding carboxylic acids is 2. The van der Waals surface area contributed by atoms with Crippen LogP contribution in [0.3, 0.4) is 0 Å². The Kier molecular flexibility index (Phi) is 4.91. The zero-order valence-corrected chi connectivity index (χ0v) is 13.5. The molecule has 5 heteroatoms. The number of ether oxygens (including phenoxy) is 2. The van der Waals surface area contributed by atoms with Gasteiger partial charge in [-0.25, -0.2) is 4.79 Å². The lowest BCUT2D eigenvalue weighted by Gasteiger charge is -2.17. The number of hydrogen-bond donors (Lipinski definition) is 1. The minimum Gasteiger partial charge on any atom is -0.467 e.